The van der Waals surface area contributed by atoms with Gasteiger partial charge < -0.3 is 19.7 Å². The SMILES string of the molecule is COc1nnc(C(NC(=O)c2ccccc2)c2ccnc(C(C)(F)F)c2)cc1N1CCOCC1. The number of carbonyl (C=O) groups is 1. The summed E-state index contributed by atoms with van der Waals surface area (Å²) in [6, 6.07) is 12.4. The van der Waals surface area contributed by atoms with Gasteiger partial charge in [0.25, 0.3) is 17.7 Å². The van der Waals surface area contributed by atoms with Crippen LogP contribution in [0.1, 0.15) is 40.3 Å². The van der Waals surface area contributed by atoms with Crippen LogP contribution >= 0.6 is 0 Å². The lowest BCUT2D eigenvalue weighted by molar-refractivity contribution is 0.0126. The Labute approximate surface area is 195 Å². The van der Waals surface area contributed by atoms with E-state index >= 15 is 0 Å². The van der Waals surface area contributed by atoms with Gasteiger partial charge in [-0.15, -0.1) is 10.2 Å². The molecule has 1 N–H and O–H groups in total. The molecule has 0 aliphatic carbocycles. The maximum Gasteiger partial charge on any atom is 0.286 e. The molecule has 0 radical (unpaired) electrons. The van der Waals surface area contributed by atoms with Crippen molar-refractivity contribution in [2.75, 3.05) is 38.3 Å². The van der Waals surface area contributed by atoms with Crippen molar-refractivity contribution in [2.24, 2.45) is 0 Å². The lowest BCUT2D eigenvalue weighted by Crippen LogP contribution is -2.37. The van der Waals surface area contributed by atoms with Gasteiger partial charge >= 0.3 is 0 Å². The molecule has 0 saturated carbocycles. The maximum absolute atomic E-state index is 14.0. The van der Waals surface area contributed by atoms with E-state index in [9.17, 15) is 13.6 Å². The van der Waals surface area contributed by atoms with Crippen LogP contribution in [0.5, 0.6) is 5.88 Å². The maximum atomic E-state index is 14.0. The minimum atomic E-state index is -3.14. The Morgan fingerprint density at radius 3 is 2.56 bits per heavy atom. The monoisotopic (exact) mass is 469 g/mol. The van der Waals surface area contributed by atoms with Gasteiger partial charge in [-0.3, -0.25) is 9.78 Å². The molecule has 4 rings (SSSR count). The van der Waals surface area contributed by atoms with E-state index in [1.807, 2.05) is 0 Å². The molecule has 1 amide bonds. The zero-order valence-electron chi connectivity index (χ0n) is 18.9. The van der Waals surface area contributed by atoms with Crippen LogP contribution in [0.4, 0.5) is 14.5 Å². The highest BCUT2D eigenvalue weighted by molar-refractivity contribution is 5.94. The molecule has 1 unspecified atom stereocenters. The second-order valence-corrected chi connectivity index (χ2v) is 7.90. The van der Waals surface area contributed by atoms with Crippen LogP contribution in [-0.2, 0) is 10.7 Å². The standard InChI is InChI=1S/C24H25F2N5O3/c1-24(25,26)20-14-17(8-9-27-20)21(28-22(32)16-6-4-3-5-7-16)18-15-19(23(33-2)30-29-18)31-10-12-34-13-11-31/h3-9,14-15,21H,10-13H2,1-2H3,(H,28,32). The zero-order valence-corrected chi connectivity index (χ0v) is 18.9. The number of halogens is 2. The van der Waals surface area contributed by atoms with Crippen molar-refractivity contribution in [1.29, 1.82) is 0 Å². The lowest BCUT2D eigenvalue weighted by Gasteiger charge is -2.30. The summed E-state index contributed by atoms with van der Waals surface area (Å²) in [5, 5.41) is 11.4. The van der Waals surface area contributed by atoms with Crippen molar-refractivity contribution >= 4 is 11.6 Å². The van der Waals surface area contributed by atoms with Crippen molar-refractivity contribution in [3.8, 4) is 5.88 Å². The Morgan fingerprint density at radius 1 is 1.15 bits per heavy atom. The minimum Gasteiger partial charge on any atom is -0.478 e. The molecule has 34 heavy (non-hydrogen) atoms. The van der Waals surface area contributed by atoms with Crippen LogP contribution < -0.4 is 15.0 Å². The second kappa shape index (κ2) is 10.1. The van der Waals surface area contributed by atoms with E-state index < -0.39 is 17.7 Å². The van der Waals surface area contributed by atoms with Gasteiger partial charge in [0.05, 0.1) is 32.1 Å². The first-order valence-corrected chi connectivity index (χ1v) is 10.8. The molecule has 8 nitrogen and oxygen atoms in total. The molecule has 10 heteroatoms. The van der Waals surface area contributed by atoms with E-state index in [-0.39, 0.29) is 5.91 Å². The largest absolute Gasteiger partial charge is 0.478 e. The molecule has 1 aromatic carbocycles. The first-order chi connectivity index (χ1) is 16.4. The molecule has 3 aromatic rings. The summed E-state index contributed by atoms with van der Waals surface area (Å²) in [4.78, 5) is 18.9. The van der Waals surface area contributed by atoms with Crippen molar-refractivity contribution in [3.05, 3.63) is 77.2 Å². The van der Waals surface area contributed by atoms with Crippen LogP contribution in [0.15, 0.2) is 54.7 Å². The molecule has 1 aliphatic heterocycles. The fourth-order valence-electron chi connectivity index (χ4n) is 3.70. The Kier molecular flexibility index (Phi) is 6.97. The van der Waals surface area contributed by atoms with E-state index in [2.05, 4.69) is 25.4 Å². The molecule has 1 saturated heterocycles. The number of carbonyl (C=O) groups excluding carboxylic acids is 1. The average Bonchev–Trinajstić information content (AvgIpc) is 2.87. The summed E-state index contributed by atoms with van der Waals surface area (Å²) in [7, 11) is 1.50. The summed E-state index contributed by atoms with van der Waals surface area (Å²) in [5.74, 6) is -3.19. The number of rotatable bonds is 7. The van der Waals surface area contributed by atoms with Crippen molar-refractivity contribution in [1.82, 2.24) is 20.5 Å². The van der Waals surface area contributed by atoms with E-state index in [1.54, 1.807) is 42.5 Å². The third-order valence-electron chi connectivity index (χ3n) is 5.48. The summed E-state index contributed by atoms with van der Waals surface area (Å²) in [6.07, 6.45) is 1.30. The fraction of sp³-hybridized carbons (Fsp3) is 0.333. The van der Waals surface area contributed by atoms with Crippen LogP contribution in [0.2, 0.25) is 0 Å². The van der Waals surface area contributed by atoms with Gasteiger partial charge in [-0.1, -0.05) is 18.2 Å². The number of hydrogen-bond acceptors (Lipinski definition) is 7. The third-order valence-corrected chi connectivity index (χ3v) is 5.48. The molecule has 1 fully saturated rings. The van der Waals surface area contributed by atoms with Gasteiger partial charge in [0.1, 0.15) is 11.4 Å². The molecule has 2 aromatic heterocycles. The normalized spacial score (nSPS) is 15.0. The van der Waals surface area contributed by atoms with Crippen LogP contribution in [0.25, 0.3) is 0 Å². The predicted molar refractivity (Wildman–Crippen MR) is 121 cm³/mol. The number of methoxy groups -OCH3 is 1. The van der Waals surface area contributed by atoms with Gasteiger partial charge in [-0.05, 0) is 35.9 Å². The summed E-state index contributed by atoms with van der Waals surface area (Å²) in [5.41, 5.74) is 1.49. The number of benzene rings is 1. The molecule has 3 heterocycles. The number of anilines is 1. The van der Waals surface area contributed by atoms with Crippen molar-refractivity contribution < 1.29 is 23.0 Å². The van der Waals surface area contributed by atoms with Gasteiger partial charge in [-0.2, -0.15) is 8.78 Å². The van der Waals surface area contributed by atoms with E-state index in [0.717, 1.165) is 6.92 Å². The first kappa shape index (κ1) is 23.5. The molecular weight excluding hydrogens is 444 g/mol. The quantitative estimate of drug-likeness (QED) is 0.568. The highest BCUT2D eigenvalue weighted by Gasteiger charge is 2.29. The highest BCUT2D eigenvalue weighted by atomic mass is 19.3. The molecule has 1 atom stereocenters. The van der Waals surface area contributed by atoms with Gasteiger partial charge in [-0.25, -0.2) is 0 Å². The van der Waals surface area contributed by atoms with E-state index in [0.29, 0.717) is 54.7 Å². The number of aromatic nitrogens is 3. The van der Waals surface area contributed by atoms with E-state index in [4.69, 9.17) is 9.47 Å². The summed E-state index contributed by atoms with van der Waals surface area (Å²) in [6.45, 7) is 3.14. The van der Waals surface area contributed by atoms with Crippen LogP contribution in [-0.4, -0.2) is 54.5 Å². The van der Waals surface area contributed by atoms with Gasteiger partial charge in [0.2, 0.25) is 0 Å². The Hall–Kier alpha value is -3.66. The average molecular weight is 469 g/mol. The number of ether oxygens (including phenoxy) is 2. The number of nitrogens with zero attached hydrogens (tertiary/aromatic N) is 4. The number of amides is 1. The molecule has 1 aliphatic rings. The topological polar surface area (TPSA) is 89.5 Å². The van der Waals surface area contributed by atoms with Gasteiger partial charge in [0.15, 0.2) is 0 Å². The number of hydrogen-bond donors (Lipinski definition) is 1. The van der Waals surface area contributed by atoms with Crippen LogP contribution in [0.3, 0.4) is 0 Å². The fourth-order valence-corrected chi connectivity index (χ4v) is 3.70. The first-order valence-electron chi connectivity index (χ1n) is 10.8. The Bertz CT molecular complexity index is 1130. The smallest absolute Gasteiger partial charge is 0.286 e. The number of morpholine rings is 1. The Morgan fingerprint density at radius 2 is 1.88 bits per heavy atom. The minimum absolute atomic E-state index is 0.328. The second-order valence-electron chi connectivity index (χ2n) is 7.90. The predicted octanol–water partition coefficient (Wildman–Crippen LogP) is 3.35. The third kappa shape index (κ3) is 5.28. The zero-order chi connectivity index (χ0) is 24.1. The van der Waals surface area contributed by atoms with E-state index in [1.165, 1.54) is 19.4 Å². The molecule has 0 spiro atoms. The van der Waals surface area contributed by atoms with Crippen molar-refractivity contribution in [2.45, 2.75) is 18.9 Å². The summed E-state index contributed by atoms with van der Waals surface area (Å²) >= 11 is 0. The molecule has 178 valence electrons. The number of pyridine rings is 1. The molecular formula is C24H25F2N5O3. The lowest BCUT2D eigenvalue weighted by atomic mass is 10.0. The van der Waals surface area contributed by atoms with Gasteiger partial charge in [0, 0.05) is 31.8 Å². The number of nitrogens with one attached hydrogen (secondary N) is 1. The van der Waals surface area contributed by atoms with Crippen LogP contribution in [0, 0.1) is 0 Å². The summed E-state index contributed by atoms with van der Waals surface area (Å²) < 4.78 is 38.9. The Balaban J connectivity index is 1.77. The highest BCUT2D eigenvalue weighted by Crippen LogP contribution is 2.32. The number of alkyl halides is 2. The van der Waals surface area contributed by atoms with Crippen molar-refractivity contribution in [3.63, 3.8) is 0 Å². The molecule has 0 bridgehead atoms.